The summed E-state index contributed by atoms with van der Waals surface area (Å²) in [6, 6.07) is 10.1. The second-order valence-corrected chi connectivity index (χ2v) is 9.32. The summed E-state index contributed by atoms with van der Waals surface area (Å²) in [6.45, 7) is 12.0. The number of anilines is 2. The summed E-state index contributed by atoms with van der Waals surface area (Å²) in [5, 5.41) is 4.60. The summed E-state index contributed by atoms with van der Waals surface area (Å²) in [6.07, 6.45) is 4.70. The molecule has 1 saturated heterocycles. The molecule has 3 aromatic rings. The third-order valence-electron chi connectivity index (χ3n) is 6.54. The minimum Gasteiger partial charge on any atom is -0.378 e. The van der Waals surface area contributed by atoms with Crippen LogP contribution in [0.4, 0.5) is 17.3 Å². The molecular weight excluding hydrogens is 482 g/mol. The standard InChI is InChI=1S/C27H37N9O2/c1-5-34(21-33(4)12-11-32(3)13-16-37)25-24(28-2)26(35-14-17-38-18-15-35)31-27(30-25)36-20-23(19-29-36)22-9-7-6-8-10-22/h6-10,16,19-20H,2,5,11-15,17-18,21H2,1,3-4H3. The number of benzene rings is 1. The Bertz CT molecular complexity index is 1190. The van der Waals surface area contributed by atoms with Crippen LogP contribution in [-0.2, 0) is 9.53 Å². The first kappa shape index (κ1) is 27.4. The number of ether oxygens (including phenoxy) is 1. The Kier molecular flexibility index (Phi) is 9.52. The SMILES string of the molecule is C=Nc1c(N2CCOCC2)nc(-n2cc(-c3ccccc3)cn2)nc1N(CC)CN(C)CCN(C)CC=O. The smallest absolute Gasteiger partial charge is 0.254 e. The molecule has 38 heavy (non-hydrogen) atoms. The second kappa shape index (κ2) is 13.2. The van der Waals surface area contributed by atoms with Crippen molar-refractivity contribution >= 4 is 30.3 Å². The minimum absolute atomic E-state index is 0.420. The molecule has 0 bridgehead atoms. The zero-order valence-electron chi connectivity index (χ0n) is 22.5. The van der Waals surface area contributed by atoms with Crippen molar-refractivity contribution in [2.45, 2.75) is 6.92 Å². The van der Waals surface area contributed by atoms with Gasteiger partial charge in [0, 0.05) is 44.5 Å². The molecule has 1 fully saturated rings. The molecule has 0 N–H and O–H groups in total. The number of nitrogens with zero attached hydrogens (tertiary/aromatic N) is 9. The molecular formula is C27H37N9O2. The molecule has 0 aliphatic carbocycles. The van der Waals surface area contributed by atoms with E-state index in [-0.39, 0.29) is 0 Å². The average Bonchev–Trinajstić information content (AvgIpc) is 3.46. The van der Waals surface area contributed by atoms with Gasteiger partial charge in [-0.3, -0.25) is 14.8 Å². The molecule has 4 rings (SSSR count). The number of carbonyl (C=O) groups excluding carboxylic acids is 1. The maximum absolute atomic E-state index is 10.8. The Morgan fingerprint density at radius 1 is 1.08 bits per heavy atom. The summed E-state index contributed by atoms with van der Waals surface area (Å²) in [4.78, 5) is 33.7. The van der Waals surface area contributed by atoms with Crippen molar-refractivity contribution in [3.8, 4) is 17.1 Å². The van der Waals surface area contributed by atoms with E-state index < -0.39 is 0 Å². The molecule has 202 valence electrons. The van der Waals surface area contributed by atoms with Gasteiger partial charge in [-0.25, -0.2) is 4.68 Å². The van der Waals surface area contributed by atoms with Crippen LogP contribution >= 0.6 is 0 Å². The van der Waals surface area contributed by atoms with E-state index in [9.17, 15) is 4.79 Å². The van der Waals surface area contributed by atoms with Crippen LogP contribution in [0.3, 0.4) is 0 Å². The molecule has 2 aromatic heterocycles. The van der Waals surface area contributed by atoms with Crippen molar-refractivity contribution in [2.24, 2.45) is 4.99 Å². The Hall–Kier alpha value is -3.67. The van der Waals surface area contributed by atoms with Crippen LogP contribution in [0.25, 0.3) is 17.1 Å². The van der Waals surface area contributed by atoms with Crippen molar-refractivity contribution in [2.75, 3.05) is 83.0 Å². The number of likely N-dealkylation sites (N-methyl/N-ethyl adjacent to an activating group) is 2. The predicted octanol–water partition coefficient (Wildman–Crippen LogP) is 2.34. The van der Waals surface area contributed by atoms with Gasteiger partial charge in [0.25, 0.3) is 5.95 Å². The summed E-state index contributed by atoms with van der Waals surface area (Å²) in [5.41, 5.74) is 2.72. The van der Waals surface area contributed by atoms with E-state index in [4.69, 9.17) is 14.7 Å². The van der Waals surface area contributed by atoms with E-state index in [0.29, 0.717) is 63.5 Å². The van der Waals surface area contributed by atoms with Crippen LogP contribution in [0.15, 0.2) is 47.7 Å². The van der Waals surface area contributed by atoms with Crippen LogP contribution in [0.2, 0.25) is 0 Å². The third kappa shape index (κ3) is 6.60. The minimum atomic E-state index is 0.420. The van der Waals surface area contributed by atoms with E-state index in [1.54, 1.807) is 4.68 Å². The number of hydrogen-bond donors (Lipinski definition) is 0. The van der Waals surface area contributed by atoms with Gasteiger partial charge in [0.2, 0.25) is 0 Å². The molecule has 1 aliphatic heterocycles. The van der Waals surface area contributed by atoms with E-state index in [2.05, 4.69) is 57.6 Å². The molecule has 0 spiro atoms. The van der Waals surface area contributed by atoms with Crippen molar-refractivity contribution in [1.29, 1.82) is 0 Å². The molecule has 0 unspecified atom stereocenters. The van der Waals surface area contributed by atoms with Gasteiger partial charge in [-0.2, -0.15) is 15.1 Å². The monoisotopic (exact) mass is 519 g/mol. The lowest BCUT2D eigenvalue weighted by Crippen LogP contribution is -2.41. The Labute approximate surface area is 224 Å². The fourth-order valence-electron chi connectivity index (χ4n) is 4.33. The number of aromatic nitrogens is 4. The maximum Gasteiger partial charge on any atom is 0.254 e. The number of rotatable bonds is 13. The number of morpholine rings is 1. The highest BCUT2D eigenvalue weighted by atomic mass is 16.5. The van der Waals surface area contributed by atoms with Crippen molar-refractivity contribution < 1.29 is 9.53 Å². The molecule has 0 atom stereocenters. The zero-order chi connectivity index (χ0) is 26.9. The van der Waals surface area contributed by atoms with E-state index in [1.807, 2.05) is 42.5 Å². The normalized spacial score (nSPS) is 13.8. The third-order valence-corrected chi connectivity index (χ3v) is 6.54. The molecule has 3 heterocycles. The maximum atomic E-state index is 10.8. The Morgan fingerprint density at radius 2 is 1.82 bits per heavy atom. The largest absolute Gasteiger partial charge is 0.378 e. The lowest BCUT2D eigenvalue weighted by Gasteiger charge is -2.33. The molecule has 1 aliphatic rings. The number of carbonyl (C=O) groups is 1. The molecule has 1 aromatic carbocycles. The molecule has 0 amide bonds. The summed E-state index contributed by atoms with van der Waals surface area (Å²) in [7, 11) is 4.00. The number of aldehydes is 1. The fraction of sp³-hybridized carbons (Fsp3) is 0.444. The first-order valence-electron chi connectivity index (χ1n) is 12.9. The summed E-state index contributed by atoms with van der Waals surface area (Å²) < 4.78 is 7.30. The lowest BCUT2D eigenvalue weighted by atomic mass is 10.1. The molecule has 0 radical (unpaired) electrons. The van der Waals surface area contributed by atoms with E-state index >= 15 is 0 Å². The number of hydrogen-bond acceptors (Lipinski definition) is 10. The fourth-order valence-corrected chi connectivity index (χ4v) is 4.33. The van der Waals surface area contributed by atoms with Gasteiger partial charge in [-0.1, -0.05) is 30.3 Å². The lowest BCUT2D eigenvalue weighted by molar-refractivity contribution is -0.108. The van der Waals surface area contributed by atoms with Crippen molar-refractivity contribution in [3.05, 3.63) is 42.7 Å². The first-order chi connectivity index (χ1) is 18.5. The summed E-state index contributed by atoms with van der Waals surface area (Å²) in [5.74, 6) is 1.91. The first-order valence-corrected chi connectivity index (χ1v) is 12.9. The van der Waals surface area contributed by atoms with Crippen molar-refractivity contribution in [3.63, 3.8) is 0 Å². The van der Waals surface area contributed by atoms with E-state index in [0.717, 1.165) is 36.3 Å². The van der Waals surface area contributed by atoms with Gasteiger partial charge in [0.15, 0.2) is 11.6 Å². The van der Waals surface area contributed by atoms with Crippen LogP contribution in [0.5, 0.6) is 0 Å². The highest BCUT2D eigenvalue weighted by molar-refractivity contribution is 5.78. The highest BCUT2D eigenvalue weighted by Crippen LogP contribution is 2.36. The van der Waals surface area contributed by atoms with Crippen LogP contribution in [0.1, 0.15) is 6.92 Å². The van der Waals surface area contributed by atoms with Gasteiger partial charge in [0.1, 0.15) is 12.0 Å². The van der Waals surface area contributed by atoms with Crippen molar-refractivity contribution in [1.82, 2.24) is 29.5 Å². The zero-order valence-corrected chi connectivity index (χ0v) is 22.5. The topological polar surface area (TPSA) is 95.2 Å². The van der Waals surface area contributed by atoms with Gasteiger partial charge in [-0.05, 0) is 33.3 Å². The Balaban J connectivity index is 1.69. The second-order valence-electron chi connectivity index (χ2n) is 9.32. The van der Waals surface area contributed by atoms with Gasteiger partial charge >= 0.3 is 0 Å². The quantitative estimate of drug-likeness (QED) is 0.192. The van der Waals surface area contributed by atoms with Crippen LogP contribution in [0, 0.1) is 0 Å². The van der Waals surface area contributed by atoms with Gasteiger partial charge in [0.05, 0.1) is 32.6 Å². The summed E-state index contributed by atoms with van der Waals surface area (Å²) >= 11 is 0. The van der Waals surface area contributed by atoms with Crippen LogP contribution in [-0.4, -0.2) is 116 Å². The molecule has 0 saturated carbocycles. The highest BCUT2D eigenvalue weighted by Gasteiger charge is 2.25. The van der Waals surface area contributed by atoms with Crippen LogP contribution < -0.4 is 9.80 Å². The molecule has 11 heteroatoms. The number of aliphatic imine (C=N–C) groups is 1. The average molecular weight is 520 g/mol. The van der Waals surface area contributed by atoms with Gasteiger partial charge in [-0.15, -0.1) is 0 Å². The Morgan fingerprint density at radius 3 is 2.50 bits per heavy atom. The molecule has 11 nitrogen and oxygen atoms in total. The van der Waals surface area contributed by atoms with Gasteiger partial charge < -0.3 is 19.3 Å². The van der Waals surface area contributed by atoms with E-state index in [1.165, 1.54) is 0 Å². The predicted molar refractivity (Wildman–Crippen MR) is 151 cm³/mol.